The second kappa shape index (κ2) is 11.1. The number of nitrogens with zero attached hydrogens (tertiary/aromatic N) is 3. The van der Waals surface area contributed by atoms with Gasteiger partial charge in [0.2, 0.25) is 5.91 Å². The molecule has 5 nitrogen and oxygen atoms in total. The van der Waals surface area contributed by atoms with Gasteiger partial charge in [0, 0.05) is 13.5 Å². The highest BCUT2D eigenvalue weighted by Gasteiger charge is 2.24. The van der Waals surface area contributed by atoms with Gasteiger partial charge in [-0.15, -0.1) is 0 Å². The molecule has 0 radical (unpaired) electrons. The number of benzene rings is 2. The zero-order valence-corrected chi connectivity index (χ0v) is 19.8. The maximum atomic E-state index is 13.6. The number of hydrogen-bond donors (Lipinski definition) is 0. The lowest BCUT2D eigenvalue weighted by Gasteiger charge is -2.27. The van der Waals surface area contributed by atoms with Crippen LogP contribution in [0.5, 0.6) is 0 Å². The molecule has 0 aliphatic rings. The Morgan fingerprint density at radius 2 is 1.69 bits per heavy atom. The number of rotatable bonds is 10. The summed E-state index contributed by atoms with van der Waals surface area (Å²) >= 11 is 0. The van der Waals surface area contributed by atoms with Gasteiger partial charge in [-0.3, -0.25) is 14.2 Å². The number of hydrogen-bond acceptors (Lipinski definition) is 3. The first kappa shape index (κ1) is 23.7. The normalized spacial score (nSPS) is 12.1. The molecule has 0 aliphatic heterocycles. The third-order valence-corrected chi connectivity index (χ3v) is 6.26. The zero-order valence-electron chi connectivity index (χ0n) is 19.8. The van der Waals surface area contributed by atoms with Crippen LogP contribution in [0.4, 0.5) is 0 Å². The van der Waals surface area contributed by atoms with E-state index in [1.807, 2.05) is 62.5 Å². The molecule has 3 aromatic rings. The fourth-order valence-electron chi connectivity index (χ4n) is 4.14. The predicted octanol–water partition coefficient (Wildman–Crippen LogP) is 5.83. The molecule has 1 atom stereocenters. The summed E-state index contributed by atoms with van der Waals surface area (Å²) < 4.78 is 1.71. The van der Waals surface area contributed by atoms with Crippen molar-refractivity contribution in [2.24, 2.45) is 0 Å². The van der Waals surface area contributed by atoms with E-state index in [1.54, 1.807) is 9.47 Å². The van der Waals surface area contributed by atoms with Gasteiger partial charge >= 0.3 is 0 Å². The molecule has 1 aromatic heterocycles. The number of para-hydroxylation sites is 2. The smallest absolute Gasteiger partial charge is 0.266 e. The standard InChI is InChI=1S/C27H35N3O2/c1-5-7-8-9-10-19-25(31)29(4)20(3)26-28-23-17-13-12-16-22(23)27(32)30(26)24-18-14-11-15-21(24)6-2/h11-18,20H,5-10,19H2,1-4H3. The van der Waals surface area contributed by atoms with Crippen molar-refractivity contribution in [1.82, 2.24) is 14.5 Å². The van der Waals surface area contributed by atoms with Gasteiger partial charge in [0.05, 0.1) is 22.6 Å². The molecule has 0 aliphatic carbocycles. The van der Waals surface area contributed by atoms with Gasteiger partial charge in [-0.25, -0.2) is 4.98 Å². The van der Waals surface area contributed by atoms with Crippen molar-refractivity contribution in [3.63, 3.8) is 0 Å². The molecule has 0 bridgehead atoms. The van der Waals surface area contributed by atoms with Crippen LogP contribution >= 0.6 is 0 Å². The van der Waals surface area contributed by atoms with E-state index in [1.165, 1.54) is 19.3 Å². The highest BCUT2D eigenvalue weighted by molar-refractivity contribution is 5.79. The number of carbonyl (C=O) groups excluding carboxylic acids is 1. The minimum absolute atomic E-state index is 0.0896. The lowest BCUT2D eigenvalue weighted by atomic mass is 10.1. The summed E-state index contributed by atoms with van der Waals surface area (Å²) in [5.74, 6) is 0.683. The van der Waals surface area contributed by atoms with Crippen molar-refractivity contribution < 1.29 is 4.79 Å². The Labute approximate surface area is 191 Å². The first-order valence-corrected chi connectivity index (χ1v) is 11.8. The molecule has 0 saturated carbocycles. The first-order chi connectivity index (χ1) is 15.5. The van der Waals surface area contributed by atoms with E-state index in [2.05, 4.69) is 13.8 Å². The van der Waals surface area contributed by atoms with Crippen LogP contribution in [0.1, 0.15) is 76.7 Å². The van der Waals surface area contributed by atoms with Crippen molar-refractivity contribution >= 4 is 16.8 Å². The fraction of sp³-hybridized carbons (Fsp3) is 0.444. The number of carbonyl (C=O) groups is 1. The van der Waals surface area contributed by atoms with Crippen molar-refractivity contribution in [3.05, 3.63) is 70.3 Å². The summed E-state index contributed by atoms with van der Waals surface area (Å²) in [6, 6.07) is 15.0. The molecule has 2 aromatic carbocycles. The van der Waals surface area contributed by atoms with E-state index in [4.69, 9.17) is 4.98 Å². The quantitative estimate of drug-likeness (QED) is 0.378. The van der Waals surface area contributed by atoms with Crippen molar-refractivity contribution in [2.45, 2.75) is 71.8 Å². The molecule has 1 heterocycles. The molecule has 0 saturated heterocycles. The number of amides is 1. The monoisotopic (exact) mass is 433 g/mol. The first-order valence-electron chi connectivity index (χ1n) is 11.8. The summed E-state index contributed by atoms with van der Waals surface area (Å²) in [5.41, 5.74) is 2.47. The lowest BCUT2D eigenvalue weighted by molar-refractivity contribution is -0.132. The Bertz CT molecular complexity index is 1120. The fourth-order valence-corrected chi connectivity index (χ4v) is 4.14. The molecule has 0 N–H and O–H groups in total. The number of aromatic nitrogens is 2. The average molecular weight is 434 g/mol. The van der Waals surface area contributed by atoms with Crippen LogP contribution in [0.3, 0.4) is 0 Å². The van der Waals surface area contributed by atoms with Gasteiger partial charge in [0.25, 0.3) is 5.56 Å². The van der Waals surface area contributed by atoms with Crippen molar-refractivity contribution in [1.29, 1.82) is 0 Å². The third-order valence-electron chi connectivity index (χ3n) is 6.26. The zero-order chi connectivity index (χ0) is 23.1. The third kappa shape index (κ3) is 5.09. The van der Waals surface area contributed by atoms with Crippen LogP contribution in [0, 0.1) is 0 Å². The molecular formula is C27H35N3O2. The molecule has 0 spiro atoms. The van der Waals surface area contributed by atoms with Crippen molar-refractivity contribution in [3.8, 4) is 5.69 Å². The van der Waals surface area contributed by atoms with Gasteiger partial charge in [0.15, 0.2) is 0 Å². The van der Waals surface area contributed by atoms with Gasteiger partial charge < -0.3 is 4.90 Å². The minimum Gasteiger partial charge on any atom is -0.336 e. The van der Waals surface area contributed by atoms with Crippen LogP contribution in [0.2, 0.25) is 0 Å². The van der Waals surface area contributed by atoms with Gasteiger partial charge in [-0.05, 0) is 43.5 Å². The van der Waals surface area contributed by atoms with E-state index in [-0.39, 0.29) is 17.5 Å². The van der Waals surface area contributed by atoms with Gasteiger partial charge in [-0.1, -0.05) is 69.9 Å². The number of aryl methyl sites for hydroxylation is 1. The van der Waals surface area contributed by atoms with Crippen LogP contribution in [-0.4, -0.2) is 27.4 Å². The summed E-state index contributed by atoms with van der Waals surface area (Å²) in [7, 11) is 1.82. The average Bonchev–Trinajstić information content (AvgIpc) is 2.82. The largest absolute Gasteiger partial charge is 0.336 e. The molecule has 3 rings (SSSR count). The summed E-state index contributed by atoms with van der Waals surface area (Å²) in [6.45, 7) is 6.22. The molecule has 170 valence electrons. The Morgan fingerprint density at radius 3 is 2.44 bits per heavy atom. The van der Waals surface area contributed by atoms with Crippen LogP contribution in [0.15, 0.2) is 53.3 Å². The maximum Gasteiger partial charge on any atom is 0.266 e. The summed E-state index contributed by atoms with van der Waals surface area (Å²) in [4.78, 5) is 33.1. The number of unbranched alkanes of at least 4 members (excludes halogenated alkanes) is 4. The van der Waals surface area contributed by atoms with Crippen LogP contribution in [0.25, 0.3) is 16.6 Å². The second-order valence-electron chi connectivity index (χ2n) is 8.45. The number of fused-ring (bicyclic) bond motifs is 1. The Kier molecular flexibility index (Phi) is 8.20. The lowest BCUT2D eigenvalue weighted by Crippen LogP contribution is -2.35. The Morgan fingerprint density at radius 1 is 1.00 bits per heavy atom. The van der Waals surface area contributed by atoms with E-state index < -0.39 is 0 Å². The summed E-state index contributed by atoms with van der Waals surface area (Å²) in [6.07, 6.45) is 6.86. The molecule has 1 unspecified atom stereocenters. The molecule has 5 heteroatoms. The van der Waals surface area contributed by atoms with Crippen molar-refractivity contribution in [2.75, 3.05) is 7.05 Å². The molecule has 1 amide bonds. The van der Waals surface area contributed by atoms with E-state index >= 15 is 0 Å². The van der Waals surface area contributed by atoms with Gasteiger partial charge in [-0.2, -0.15) is 0 Å². The Balaban J connectivity index is 2.01. The molecule has 32 heavy (non-hydrogen) atoms. The Hall–Kier alpha value is -2.95. The van der Waals surface area contributed by atoms with E-state index in [9.17, 15) is 9.59 Å². The molecular weight excluding hydrogens is 398 g/mol. The van der Waals surface area contributed by atoms with Crippen LogP contribution < -0.4 is 5.56 Å². The summed E-state index contributed by atoms with van der Waals surface area (Å²) in [5, 5.41) is 0.583. The highest BCUT2D eigenvalue weighted by Crippen LogP contribution is 2.24. The predicted molar refractivity (Wildman–Crippen MR) is 131 cm³/mol. The minimum atomic E-state index is -0.333. The topological polar surface area (TPSA) is 55.2 Å². The SMILES string of the molecule is CCCCCCCC(=O)N(C)C(C)c1nc2ccccc2c(=O)n1-c1ccccc1CC. The van der Waals surface area contributed by atoms with Crippen LogP contribution in [-0.2, 0) is 11.2 Å². The highest BCUT2D eigenvalue weighted by atomic mass is 16.2. The second-order valence-corrected chi connectivity index (χ2v) is 8.45. The van der Waals surface area contributed by atoms with E-state index in [0.717, 1.165) is 30.5 Å². The maximum absolute atomic E-state index is 13.6. The van der Waals surface area contributed by atoms with Gasteiger partial charge in [0.1, 0.15) is 5.82 Å². The molecule has 0 fully saturated rings. The van der Waals surface area contributed by atoms with E-state index in [0.29, 0.717) is 23.1 Å².